The van der Waals surface area contributed by atoms with Crippen molar-refractivity contribution in [2.75, 3.05) is 33.2 Å². The number of piperazine rings is 1. The van der Waals surface area contributed by atoms with E-state index in [1.165, 1.54) is 32.1 Å². The minimum Gasteiger partial charge on any atom is -0.457 e. The van der Waals surface area contributed by atoms with Gasteiger partial charge in [-0.05, 0) is 82.8 Å². The molecular formula is C40H67N2O8+. The number of esters is 1. The molecule has 284 valence electrons. The largest absolute Gasteiger partial charge is 0.457 e. The number of aliphatic hydroxyl groups is 3. The Morgan fingerprint density at radius 1 is 1.16 bits per heavy atom. The molecule has 0 aromatic rings. The predicted octanol–water partition coefficient (Wildman–Crippen LogP) is 5.69. The van der Waals surface area contributed by atoms with Gasteiger partial charge in [0.2, 0.25) is 0 Å². The number of hydrogen-bond donors (Lipinski definition) is 3. The third kappa shape index (κ3) is 11.1. The van der Waals surface area contributed by atoms with Crippen molar-refractivity contribution >= 4 is 12.1 Å². The Morgan fingerprint density at radius 3 is 2.50 bits per heavy atom. The normalized spacial score (nSPS) is 35.0. The number of allylic oxidation sites excluding steroid dienone is 3. The van der Waals surface area contributed by atoms with E-state index in [2.05, 4.69) is 20.0 Å². The van der Waals surface area contributed by atoms with Gasteiger partial charge in [-0.25, -0.2) is 4.79 Å². The fourth-order valence-corrected chi connectivity index (χ4v) is 8.14. The third-order valence-electron chi connectivity index (χ3n) is 12.0. The van der Waals surface area contributed by atoms with Crippen molar-refractivity contribution in [1.82, 2.24) is 4.90 Å². The van der Waals surface area contributed by atoms with Crippen LogP contribution in [0.25, 0.3) is 0 Å². The highest BCUT2D eigenvalue weighted by molar-refractivity contribution is 5.70. The van der Waals surface area contributed by atoms with Gasteiger partial charge in [0.1, 0.15) is 11.7 Å². The summed E-state index contributed by atoms with van der Waals surface area (Å²) in [5.41, 5.74) is -0.618. The van der Waals surface area contributed by atoms with Crippen molar-refractivity contribution in [3.05, 3.63) is 36.0 Å². The van der Waals surface area contributed by atoms with Crippen molar-refractivity contribution in [2.45, 2.75) is 154 Å². The van der Waals surface area contributed by atoms with Crippen LogP contribution in [0.5, 0.6) is 0 Å². The van der Waals surface area contributed by atoms with Crippen molar-refractivity contribution < 1.29 is 43.6 Å². The van der Waals surface area contributed by atoms with E-state index in [9.17, 15) is 24.9 Å². The molecule has 10 nitrogen and oxygen atoms in total. The summed E-state index contributed by atoms with van der Waals surface area (Å²) >= 11 is 0. The highest BCUT2D eigenvalue weighted by atomic mass is 16.6. The molecule has 10 heteroatoms. The van der Waals surface area contributed by atoms with Gasteiger partial charge in [-0.2, -0.15) is 0 Å². The van der Waals surface area contributed by atoms with Gasteiger partial charge in [-0.15, -0.1) is 0 Å². The topological polar surface area (TPSA) is 129 Å². The zero-order chi connectivity index (χ0) is 36.6. The molecule has 3 aliphatic heterocycles. The molecule has 50 heavy (non-hydrogen) atoms. The van der Waals surface area contributed by atoms with Crippen LogP contribution in [-0.2, 0) is 19.0 Å². The number of hydrogen-bond acceptors (Lipinski definition) is 8. The van der Waals surface area contributed by atoms with E-state index in [1.807, 2.05) is 45.9 Å². The summed E-state index contributed by atoms with van der Waals surface area (Å²) in [5.74, 6) is -0.431. The third-order valence-corrected chi connectivity index (χ3v) is 12.0. The van der Waals surface area contributed by atoms with Gasteiger partial charge in [0, 0.05) is 11.8 Å². The van der Waals surface area contributed by atoms with Crippen LogP contribution in [0.1, 0.15) is 106 Å². The standard InChI is InChI=1S/C40H67N2O8/c1-8-33(44)30(5)38-34(48-38)25-27(2)13-12-14-28(3)37-29(4)17-18-35(40(6,47)20-19-32(43)26-36(45)50-37)49-39(46)41-21-23-42(7,24-22-41)31-15-10-9-11-16-31/h12-14,17-18,27,29-35,37-38,43-44,47H,8-11,15-16,19-26H2,1-7H3/q+1/t27-,29+,30-,32-,33+,34-,35+,37-,38-,40-/m1/s1. The lowest BCUT2D eigenvalue weighted by Crippen LogP contribution is -2.63. The molecular weight excluding hydrogens is 636 g/mol. The molecule has 2 saturated heterocycles. The first kappa shape index (κ1) is 40.5. The van der Waals surface area contributed by atoms with Gasteiger partial charge in [0.05, 0.1) is 70.1 Å². The molecule has 1 saturated carbocycles. The number of ether oxygens (including phenoxy) is 3. The fraction of sp³-hybridized carbons (Fsp3) is 0.800. The average molecular weight is 704 g/mol. The van der Waals surface area contributed by atoms with E-state index >= 15 is 0 Å². The molecule has 0 unspecified atom stereocenters. The second-order valence-corrected chi connectivity index (χ2v) is 16.4. The molecule has 0 bridgehead atoms. The highest BCUT2D eigenvalue weighted by Gasteiger charge is 2.45. The van der Waals surface area contributed by atoms with E-state index in [4.69, 9.17) is 14.2 Å². The van der Waals surface area contributed by atoms with Crippen molar-refractivity contribution in [3.63, 3.8) is 0 Å². The van der Waals surface area contributed by atoms with E-state index in [0.717, 1.165) is 29.6 Å². The minimum atomic E-state index is -1.45. The van der Waals surface area contributed by atoms with E-state index in [0.29, 0.717) is 25.6 Å². The summed E-state index contributed by atoms with van der Waals surface area (Å²) in [7, 11) is 2.32. The molecule has 0 spiro atoms. The first-order chi connectivity index (χ1) is 23.6. The van der Waals surface area contributed by atoms with Crippen LogP contribution < -0.4 is 0 Å². The molecule has 0 radical (unpaired) electrons. The maximum atomic E-state index is 13.5. The van der Waals surface area contributed by atoms with Crippen LogP contribution in [0.2, 0.25) is 0 Å². The summed E-state index contributed by atoms with van der Waals surface area (Å²) in [5, 5.41) is 32.4. The number of carbonyl (C=O) groups is 2. The number of epoxide rings is 1. The van der Waals surface area contributed by atoms with E-state index in [1.54, 1.807) is 17.9 Å². The molecule has 1 amide bonds. The Kier molecular flexibility index (Phi) is 14.6. The smallest absolute Gasteiger partial charge is 0.410 e. The maximum absolute atomic E-state index is 13.5. The number of cyclic esters (lactones) is 1. The lowest BCUT2D eigenvalue weighted by Gasteiger charge is -2.48. The predicted molar refractivity (Wildman–Crippen MR) is 194 cm³/mol. The molecule has 4 rings (SSSR count). The number of aliphatic hydroxyl groups excluding tert-OH is 2. The maximum Gasteiger partial charge on any atom is 0.410 e. The molecule has 10 atom stereocenters. The van der Waals surface area contributed by atoms with Crippen LogP contribution in [0, 0.1) is 17.8 Å². The van der Waals surface area contributed by atoms with Crippen molar-refractivity contribution in [1.29, 1.82) is 0 Å². The van der Waals surface area contributed by atoms with Gasteiger partial charge in [0.25, 0.3) is 0 Å². The highest BCUT2D eigenvalue weighted by Crippen LogP contribution is 2.36. The summed E-state index contributed by atoms with van der Waals surface area (Å²) in [6.07, 6.45) is 14.6. The first-order valence-corrected chi connectivity index (χ1v) is 19.4. The van der Waals surface area contributed by atoms with Gasteiger partial charge in [-0.1, -0.05) is 58.4 Å². The van der Waals surface area contributed by atoms with Gasteiger partial charge >= 0.3 is 12.1 Å². The number of nitrogens with zero attached hydrogens (tertiary/aromatic N) is 2. The van der Waals surface area contributed by atoms with Crippen molar-refractivity contribution in [2.24, 2.45) is 17.8 Å². The zero-order valence-electron chi connectivity index (χ0n) is 31.8. The molecule has 1 aliphatic carbocycles. The summed E-state index contributed by atoms with van der Waals surface area (Å²) in [6.45, 7) is 14.6. The minimum absolute atomic E-state index is 0.0988. The van der Waals surface area contributed by atoms with Crippen LogP contribution in [-0.4, -0.2) is 118 Å². The molecule has 3 N–H and O–H groups in total. The Labute approximate surface area is 301 Å². The number of rotatable bonds is 10. The number of quaternary nitrogens is 1. The van der Waals surface area contributed by atoms with E-state index in [-0.39, 0.29) is 55.3 Å². The van der Waals surface area contributed by atoms with Crippen LogP contribution >= 0.6 is 0 Å². The van der Waals surface area contributed by atoms with Crippen molar-refractivity contribution in [3.8, 4) is 0 Å². The van der Waals surface area contributed by atoms with Gasteiger partial charge in [0.15, 0.2) is 6.10 Å². The summed E-state index contributed by atoms with van der Waals surface area (Å²) in [4.78, 5) is 28.2. The van der Waals surface area contributed by atoms with Crippen LogP contribution in [0.4, 0.5) is 4.79 Å². The lowest BCUT2D eigenvalue weighted by atomic mass is 9.88. The number of carbonyl (C=O) groups excluding carboxylic acids is 2. The number of amides is 1. The second kappa shape index (κ2) is 18.0. The van der Waals surface area contributed by atoms with E-state index < -0.39 is 36.0 Å². The Balaban J connectivity index is 1.41. The average Bonchev–Trinajstić information content (AvgIpc) is 3.86. The number of likely N-dealkylation sites (N-methyl/N-ethyl adjacent to an activating group) is 1. The Hall–Kier alpha value is -2.24. The van der Waals surface area contributed by atoms with Crippen LogP contribution in [0.15, 0.2) is 36.0 Å². The quantitative estimate of drug-likeness (QED) is 0.0871. The lowest BCUT2D eigenvalue weighted by molar-refractivity contribution is -0.938. The first-order valence-electron chi connectivity index (χ1n) is 19.4. The molecule has 3 heterocycles. The molecule has 0 aromatic heterocycles. The van der Waals surface area contributed by atoms with Gasteiger partial charge in [-0.3, -0.25) is 9.69 Å². The molecule has 0 aromatic carbocycles. The SMILES string of the molecule is CC[C@H](O)[C@@H](C)[C@H]1O[C@@H]1C[C@H](C)C=CC=C(C)[C@H]1OC(=O)C[C@H](O)CC[C@@](C)(O)[C@@H](OC(=O)N2CC[N+](C)(C3CCCCC3)CC2)C=C[C@@H]1C. The molecule has 4 aliphatic rings. The zero-order valence-corrected chi connectivity index (χ0v) is 31.8. The summed E-state index contributed by atoms with van der Waals surface area (Å²) in [6, 6.07) is 0.656. The van der Waals surface area contributed by atoms with Crippen LogP contribution in [0.3, 0.4) is 0 Å². The summed E-state index contributed by atoms with van der Waals surface area (Å²) < 4.78 is 18.8. The fourth-order valence-electron chi connectivity index (χ4n) is 8.14. The Bertz CT molecular complexity index is 1200. The molecule has 3 fully saturated rings. The Morgan fingerprint density at radius 2 is 1.84 bits per heavy atom. The second-order valence-electron chi connectivity index (χ2n) is 16.4. The van der Waals surface area contributed by atoms with Gasteiger partial charge < -0.3 is 34.0 Å². The monoisotopic (exact) mass is 703 g/mol.